The molecule has 0 heterocycles. The summed E-state index contributed by atoms with van der Waals surface area (Å²) in [6.07, 6.45) is 6.47. The van der Waals surface area contributed by atoms with E-state index in [1.165, 1.54) is 12.1 Å². The van der Waals surface area contributed by atoms with E-state index in [9.17, 15) is 9.50 Å². The lowest BCUT2D eigenvalue weighted by molar-refractivity contribution is 0.171. The number of hydrogen-bond donors (Lipinski definition) is 2. The van der Waals surface area contributed by atoms with Crippen LogP contribution in [0.5, 0.6) is 0 Å². The fourth-order valence-electron chi connectivity index (χ4n) is 1.62. The van der Waals surface area contributed by atoms with Crippen LogP contribution in [0, 0.1) is 18.2 Å². The maximum Gasteiger partial charge on any atom is 0.123 e. The fraction of sp³-hybridized carbons (Fsp3) is 0.429. The second-order valence-corrected chi connectivity index (χ2v) is 3.99. The molecule has 0 fully saturated rings. The molecule has 1 aromatic rings. The van der Waals surface area contributed by atoms with E-state index in [0.29, 0.717) is 12.1 Å². The summed E-state index contributed by atoms with van der Waals surface area (Å²) in [6, 6.07) is 5.92. The van der Waals surface area contributed by atoms with Crippen LogP contribution in [-0.4, -0.2) is 17.7 Å². The summed E-state index contributed by atoms with van der Waals surface area (Å²) in [7, 11) is 0. The van der Waals surface area contributed by atoms with E-state index in [1.807, 2.05) is 0 Å². The molecule has 0 aliphatic rings. The summed E-state index contributed by atoms with van der Waals surface area (Å²) in [6.45, 7) is 2.38. The highest BCUT2D eigenvalue weighted by atomic mass is 19.1. The highest BCUT2D eigenvalue weighted by Crippen LogP contribution is 2.13. The zero-order valence-corrected chi connectivity index (χ0v) is 9.99. The van der Waals surface area contributed by atoms with Crippen LogP contribution in [0.1, 0.15) is 31.4 Å². The van der Waals surface area contributed by atoms with Crippen molar-refractivity contribution >= 4 is 0 Å². The van der Waals surface area contributed by atoms with Gasteiger partial charge in [-0.3, -0.25) is 0 Å². The molecule has 0 bridgehead atoms. The van der Waals surface area contributed by atoms with Gasteiger partial charge in [0.1, 0.15) is 5.82 Å². The molecule has 0 radical (unpaired) electrons. The molecular formula is C14H18FNO. The first kappa shape index (κ1) is 13.7. The molecule has 17 heavy (non-hydrogen) atoms. The Morgan fingerprint density at radius 3 is 2.88 bits per heavy atom. The summed E-state index contributed by atoms with van der Waals surface area (Å²) in [5.41, 5.74) is 0.560. The van der Waals surface area contributed by atoms with Crippen molar-refractivity contribution in [2.45, 2.75) is 31.9 Å². The molecule has 0 aliphatic carbocycles. The Kier molecular flexibility index (Phi) is 5.68. The fourth-order valence-corrected chi connectivity index (χ4v) is 1.62. The van der Waals surface area contributed by atoms with E-state index in [0.717, 1.165) is 12.8 Å². The average molecular weight is 235 g/mol. The smallest absolute Gasteiger partial charge is 0.123 e. The van der Waals surface area contributed by atoms with Gasteiger partial charge in [-0.25, -0.2) is 4.39 Å². The molecule has 2 unspecified atom stereocenters. The molecule has 0 spiro atoms. The molecular weight excluding hydrogens is 217 g/mol. The Bertz CT molecular complexity index is 386. The molecule has 0 aromatic heterocycles. The van der Waals surface area contributed by atoms with Crippen molar-refractivity contribution in [2.75, 3.05) is 6.54 Å². The highest BCUT2D eigenvalue weighted by Gasteiger charge is 2.10. The molecule has 92 valence electrons. The Balaban J connectivity index is 2.49. The lowest BCUT2D eigenvalue weighted by Crippen LogP contribution is -2.31. The Morgan fingerprint density at radius 1 is 1.53 bits per heavy atom. The van der Waals surface area contributed by atoms with Gasteiger partial charge in [0.15, 0.2) is 0 Å². The van der Waals surface area contributed by atoms with Gasteiger partial charge in [0.05, 0.1) is 12.1 Å². The van der Waals surface area contributed by atoms with Gasteiger partial charge in [-0.15, -0.1) is 6.42 Å². The maximum atomic E-state index is 12.9. The third kappa shape index (κ3) is 4.56. The van der Waals surface area contributed by atoms with E-state index in [1.54, 1.807) is 12.1 Å². The first-order valence-electron chi connectivity index (χ1n) is 5.80. The topological polar surface area (TPSA) is 32.3 Å². The van der Waals surface area contributed by atoms with Gasteiger partial charge in [-0.05, 0) is 24.1 Å². The highest BCUT2D eigenvalue weighted by molar-refractivity contribution is 5.19. The first-order chi connectivity index (χ1) is 8.17. The van der Waals surface area contributed by atoms with E-state index in [4.69, 9.17) is 6.42 Å². The lowest BCUT2D eigenvalue weighted by Gasteiger charge is -2.16. The van der Waals surface area contributed by atoms with Crippen molar-refractivity contribution in [3.63, 3.8) is 0 Å². The number of terminal acetylenes is 1. The predicted molar refractivity (Wildman–Crippen MR) is 66.9 cm³/mol. The number of hydrogen-bond acceptors (Lipinski definition) is 2. The molecule has 0 aliphatic heterocycles. The summed E-state index contributed by atoms with van der Waals surface area (Å²) in [4.78, 5) is 0. The number of aliphatic hydroxyl groups excluding tert-OH is 1. The molecule has 0 amide bonds. The Labute approximate surface area is 102 Å². The van der Waals surface area contributed by atoms with Gasteiger partial charge in [0.25, 0.3) is 0 Å². The average Bonchev–Trinajstić information content (AvgIpc) is 2.34. The molecule has 1 aromatic carbocycles. The minimum atomic E-state index is -0.738. The first-order valence-corrected chi connectivity index (χ1v) is 5.80. The van der Waals surface area contributed by atoms with Crippen molar-refractivity contribution in [2.24, 2.45) is 0 Å². The van der Waals surface area contributed by atoms with Gasteiger partial charge in [0.2, 0.25) is 0 Å². The number of rotatable bonds is 6. The number of halogens is 1. The quantitative estimate of drug-likeness (QED) is 0.741. The molecule has 0 saturated heterocycles. The molecule has 0 saturated carbocycles. The monoisotopic (exact) mass is 235 g/mol. The van der Waals surface area contributed by atoms with Crippen molar-refractivity contribution in [3.8, 4) is 12.3 Å². The number of benzene rings is 1. The van der Waals surface area contributed by atoms with Crippen LogP contribution in [0.15, 0.2) is 24.3 Å². The van der Waals surface area contributed by atoms with E-state index in [-0.39, 0.29) is 11.9 Å². The normalized spacial score (nSPS) is 14.0. The standard InChI is InChI=1S/C14H18FNO/c1-3-6-13(4-2)16-10-14(17)11-7-5-8-12(15)9-11/h2,5,7-9,13-14,16-17H,3,6,10H2,1H3. The van der Waals surface area contributed by atoms with Crippen LogP contribution in [-0.2, 0) is 0 Å². The summed E-state index contributed by atoms with van der Waals surface area (Å²) < 4.78 is 12.9. The van der Waals surface area contributed by atoms with Crippen LogP contribution in [0.25, 0.3) is 0 Å². The Morgan fingerprint density at radius 2 is 2.29 bits per heavy atom. The molecule has 1 rings (SSSR count). The largest absolute Gasteiger partial charge is 0.387 e. The van der Waals surface area contributed by atoms with E-state index in [2.05, 4.69) is 18.2 Å². The van der Waals surface area contributed by atoms with E-state index >= 15 is 0 Å². The van der Waals surface area contributed by atoms with Crippen LogP contribution in [0.3, 0.4) is 0 Å². The van der Waals surface area contributed by atoms with Gasteiger partial charge < -0.3 is 10.4 Å². The zero-order chi connectivity index (χ0) is 12.7. The Hall–Kier alpha value is -1.37. The second kappa shape index (κ2) is 7.05. The minimum absolute atomic E-state index is 0.0387. The van der Waals surface area contributed by atoms with Gasteiger partial charge in [0, 0.05) is 6.54 Å². The SMILES string of the molecule is C#CC(CCC)NCC(O)c1cccc(F)c1. The van der Waals surface area contributed by atoms with Gasteiger partial charge in [-0.2, -0.15) is 0 Å². The van der Waals surface area contributed by atoms with Crippen molar-refractivity contribution in [1.29, 1.82) is 0 Å². The van der Waals surface area contributed by atoms with E-state index < -0.39 is 6.10 Å². The van der Waals surface area contributed by atoms with Crippen LogP contribution in [0.2, 0.25) is 0 Å². The summed E-state index contributed by atoms with van der Waals surface area (Å²) in [5.74, 6) is 2.28. The predicted octanol–water partition coefficient (Wildman–Crippen LogP) is 2.25. The molecule has 2 atom stereocenters. The van der Waals surface area contributed by atoms with Crippen molar-refractivity contribution in [1.82, 2.24) is 5.32 Å². The molecule has 2 N–H and O–H groups in total. The molecule has 3 heteroatoms. The van der Waals surface area contributed by atoms with Crippen LogP contribution in [0.4, 0.5) is 4.39 Å². The van der Waals surface area contributed by atoms with Gasteiger partial charge in [-0.1, -0.05) is 31.4 Å². The third-order valence-electron chi connectivity index (χ3n) is 2.57. The van der Waals surface area contributed by atoms with Crippen molar-refractivity contribution in [3.05, 3.63) is 35.6 Å². The summed E-state index contributed by atoms with van der Waals surface area (Å²) >= 11 is 0. The van der Waals surface area contributed by atoms with Crippen molar-refractivity contribution < 1.29 is 9.50 Å². The maximum absolute atomic E-state index is 12.9. The van der Waals surface area contributed by atoms with Crippen LogP contribution >= 0.6 is 0 Å². The second-order valence-electron chi connectivity index (χ2n) is 3.99. The number of nitrogens with one attached hydrogen (secondary N) is 1. The van der Waals surface area contributed by atoms with Crippen LogP contribution < -0.4 is 5.32 Å². The minimum Gasteiger partial charge on any atom is -0.387 e. The summed E-state index contributed by atoms with van der Waals surface area (Å²) in [5, 5.41) is 12.9. The van der Waals surface area contributed by atoms with Gasteiger partial charge >= 0.3 is 0 Å². The zero-order valence-electron chi connectivity index (χ0n) is 9.99. The third-order valence-corrected chi connectivity index (χ3v) is 2.57. The molecule has 2 nitrogen and oxygen atoms in total. The number of aliphatic hydroxyl groups is 1. The lowest BCUT2D eigenvalue weighted by atomic mass is 10.1.